The van der Waals surface area contributed by atoms with Gasteiger partial charge >= 0.3 is 0 Å². The van der Waals surface area contributed by atoms with Gasteiger partial charge in [-0.2, -0.15) is 10.5 Å². The fourth-order valence-corrected chi connectivity index (χ4v) is 5.89. The molecule has 0 atom stereocenters. The first-order valence-electron chi connectivity index (χ1n) is 9.08. The Labute approximate surface area is 190 Å². The molecule has 1 aliphatic rings. The van der Waals surface area contributed by atoms with Gasteiger partial charge in [0.2, 0.25) is 0 Å². The zero-order chi connectivity index (χ0) is 21.0. The van der Waals surface area contributed by atoms with Gasteiger partial charge in [0, 0.05) is 4.88 Å². The van der Waals surface area contributed by atoms with Crippen LogP contribution >= 0.6 is 43.2 Å². The molecular formula is C21H17Br2N3O2S. The van der Waals surface area contributed by atoms with Crippen molar-refractivity contribution in [3.63, 3.8) is 0 Å². The molecule has 5 nitrogen and oxygen atoms in total. The lowest BCUT2D eigenvalue weighted by Gasteiger charge is -2.10. The molecule has 0 spiro atoms. The molecule has 3 rings (SSSR count). The Morgan fingerprint density at radius 1 is 1.28 bits per heavy atom. The lowest BCUT2D eigenvalue weighted by molar-refractivity contribution is -0.112. The maximum Gasteiger partial charge on any atom is 0.266 e. The third kappa shape index (κ3) is 4.72. The largest absolute Gasteiger partial charge is 0.492 e. The van der Waals surface area contributed by atoms with Gasteiger partial charge in [0.1, 0.15) is 28.5 Å². The van der Waals surface area contributed by atoms with Gasteiger partial charge < -0.3 is 10.1 Å². The van der Waals surface area contributed by atoms with E-state index >= 15 is 0 Å². The van der Waals surface area contributed by atoms with Crippen LogP contribution in [0.3, 0.4) is 0 Å². The molecule has 1 aromatic heterocycles. The fourth-order valence-electron chi connectivity index (χ4n) is 3.20. The van der Waals surface area contributed by atoms with E-state index in [9.17, 15) is 15.3 Å². The van der Waals surface area contributed by atoms with Gasteiger partial charge in [-0.15, -0.1) is 11.3 Å². The number of fused-ring (bicyclic) bond motifs is 1. The van der Waals surface area contributed by atoms with Crippen LogP contribution in [-0.4, -0.2) is 12.5 Å². The summed E-state index contributed by atoms with van der Waals surface area (Å²) in [5, 5.41) is 22.4. The Morgan fingerprint density at radius 3 is 2.59 bits per heavy atom. The molecule has 1 aromatic carbocycles. The number of nitrogens with one attached hydrogen (secondary N) is 1. The molecular weight excluding hydrogens is 518 g/mol. The molecule has 1 N–H and O–H groups in total. The summed E-state index contributed by atoms with van der Waals surface area (Å²) < 4.78 is 6.99. The minimum Gasteiger partial charge on any atom is -0.492 e. The highest BCUT2D eigenvalue weighted by Gasteiger charge is 2.22. The highest BCUT2D eigenvalue weighted by atomic mass is 79.9. The van der Waals surface area contributed by atoms with Crippen molar-refractivity contribution in [2.24, 2.45) is 0 Å². The molecule has 1 heterocycles. The van der Waals surface area contributed by atoms with E-state index in [1.54, 1.807) is 12.1 Å². The van der Waals surface area contributed by atoms with Crippen molar-refractivity contribution in [3.8, 4) is 17.9 Å². The summed E-state index contributed by atoms with van der Waals surface area (Å²) >= 11 is 8.34. The van der Waals surface area contributed by atoms with Crippen LogP contribution in [0, 0.1) is 22.7 Å². The normalized spacial score (nSPS) is 13.2. The summed E-state index contributed by atoms with van der Waals surface area (Å²) in [5.41, 5.74) is 2.20. The number of aryl methyl sites for hydroxylation is 1. The average molecular weight is 535 g/mol. The molecule has 29 heavy (non-hydrogen) atoms. The van der Waals surface area contributed by atoms with Gasteiger partial charge in [-0.1, -0.05) is 0 Å². The average Bonchev–Trinajstić information content (AvgIpc) is 3.05. The molecule has 1 aliphatic carbocycles. The van der Waals surface area contributed by atoms with E-state index in [1.807, 2.05) is 13.0 Å². The lowest BCUT2D eigenvalue weighted by atomic mass is 9.96. The molecule has 0 radical (unpaired) electrons. The molecule has 2 aromatic rings. The predicted octanol–water partition coefficient (Wildman–Crippen LogP) is 5.97. The van der Waals surface area contributed by atoms with E-state index < -0.39 is 5.91 Å². The predicted molar refractivity (Wildman–Crippen MR) is 121 cm³/mol. The number of halogens is 2. The van der Waals surface area contributed by atoms with E-state index in [4.69, 9.17) is 4.74 Å². The van der Waals surface area contributed by atoms with E-state index in [2.05, 4.69) is 43.2 Å². The van der Waals surface area contributed by atoms with Gasteiger partial charge in [-0.25, -0.2) is 0 Å². The first kappa shape index (κ1) is 21.6. The minimum absolute atomic E-state index is 0.0387. The highest BCUT2D eigenvalue weighted by Crippen LogP contribution is 2.38. The van der Waals surface area contributed by atoms with Gasteiger partial charge in [0.15, 0.2) is 0 Å². The second-order valence-electron chi connectivity index (χ2n) is 6.40. The fraction of sp³-hybridized carbons (Fsp3) is 0.286. The van der Waals surface area contributed by atoms with Crippen molar-refractivity contribution >= 4 is 60.2 Å². The Kier molecular flexibility index (Phi) is 7.13. The van der Waals surface area contributed by atoms with Gasteiger partial charge in [0.25, 0.3) is 5.91 Å². The van der Waals surface area contributed by atoms with E-state index in [-0.39, 0.29) is 5.57 Å². The van der Waals surface area contributed by atoms with Crippen LogP contribution in [0.5, 0.6) is 5.75 Å². The van der Waals surface area contributed by atoms with Crippen molar-refractivity contribution in [1.29, 1.82) is 10.5 Å². The van der Waals surface area contributed by atoms with Crippen LogP contribution in [-0.2, 0) is 17.6 Å². The monoisotopic (exact) mass is 533 g/mol. The first-order valence-corrected chi connectivity index (χ1v) is 11.5. The van der Waals surface area contributed by atoms with Crippen molar-refractivity contribution in [3.05, 3.63) is 48.2 Å². The molecule has 8 heteroatoms. The number of anilines is 1. The van der Waals surface area contributed by atoms with E-state index in [0.29, 0.717) is 28.5 Å². The molecule has 148 valence electrons. The number of benzene rings is 1. The summed E-state index contributed by atoms with van der Waals surface area (Å²) in [6.45, 7) is 2.41. The SMILES string of the molecule is CCOc1c(Br)cc(/C=C(\C#N)C(=O)Nc2sc3c(c2C#N)CCCC3)cc1Br. The van der Waals surface area contributed by atoms with Gasteiger partial charge in [0.05, 0.1) is 21.1 Å². The zero-order valence-corrected chi connectivity index (χ0v) is 19.6. The first-order chi connectivity index (χ1) is 14.0. The number of carbonyl (C=O) groups excluding carboxylic acids is 1. The van der Waals surface area contributed by atoms with Crippen LogP contribution in [0.15, 0.2) is 26.7 Å². The second kappa shape index (κ2) is 9.58. The Balaban J connectivity index is 1.88. The summed E-state index contributed by atoms with van der Waals surface area (Å²) in [6.07, 6.45) is 5.45. The summed E-state index contributed by atoms with van der Waals surface area (Å²) in [5.74, 6) is 0.138. The summed E-state index contributed by atoms with van der Waals surface area (Å²) in [6, 6.07) is 7.74. The molecule has 0 aliphatic heterocycles. The van der Waals surface area contributed by atoms with Crippen molar-refractivity contribution < 1.29 is 9.53 Å². The van der Waals surface area contributed by atoms with Crippen molar-refractivity contribution in [1.82, 2.24) is 0 Å². The van der Waals surface area contributed by atoms with Crippen LogP contribution in [0.25, 0.3) is 6.08 Å². The molecule has 0 unspecified atom stereocenters. The summed E-state index contributed by atoms with van der Waals surface area (Å²) in [7, 11) is 0. The van der Waals surface area contributed by atoms with Crippen molar-refractivity contribution in [2.45, 2.75) is 32.6 Å². The van der Waals surface area contributed by atoms with Crippen LogP contribution in [0.1, 0.15) is 41.3 Å². The maximum atomic E-state index is 12.7. The number of carbonyl (C=O) groups is 1. The van der Waals surface area contributed by atoms with Gasteiger partial charge in [-0.3, -0.25) is 4.79 Å². The van der Waals surface area contributed by atoms with Gasteiger partial charge in [-0.05, 0) is 93.8 Å². The number of thiophene rings is 1. The molecule has 0 saturated carbocycles. The number of rotatable bonds is 5. The number of hydrogen-bond acceptors (Lipinski definition) is 5. The van der Waals surface area contributed by atoms with Crippen LogP contribution in [0.4, 0.5) is 5.00 Å². The standard InChI is InChI=1S/C21H17Br2N3O2S/c1-2-28-19-16(22)8-12(9-17(19)23)7-13(10-24)20(27)26-21-15(11-25)14-5-3-4-6-18(14)29-21/h7-9H,2-6H2,1H3,(H,26,27)/b13-7+. The molecule has 0 saturated heterocycles. The Bertz CT molecular complexity index is 1050. The Morgan fingerprint density at radius 2 is 1.97 bits per heavy atom. The Hall–Kier alpha value is -2.13. The molecule has 1 amide bonds. The molecule has 0 fully saturated rings. The number of hydrogen-bond donors (Lipinski definition) is 1. The number of amides is 1. The quantitative estimate of drug-likeness (QED) is 0.378. The topological polar surface area (TPSA) is 85.9 Å². The number of nitrogens with zero attached hydrogens (tertiary/aromatic N) is 2. The van der Waals surface area contributed by atoms with Crippen LogP contribution in [0.2, 0.25) is 0 Å². The lowest BCUT2D eigenvalue weighted by Crippen LogP contribution is -2.13. The third-order valence-electron chi connectivity index (χ3n) is 4.50. The summed E-state index contributed by atoms with van der Waals surface area (Å²) in [4.78, 5) is 13.9. The number of nitriles is 2. The van der Waals surface area contributed by atoms with E-state index in [0.717, 1.165) is 45.1 Å². The van der Waals surface area contributed by atoms with Crippen molar-refractivity contribution in [2.75, 3.05) is 11.9 Å². The third-order valence-corrected chi connectivity index (χ3v) is 6.88. The smallest absolute Gasteiger partial charge is 0.266 e. The van der Waals surface area contributed by atoms with Crippen LogP contribution < -0.4 is 10.1 Å². The highest BCUT2D eigenvalue weighted by molar-refractivity contribution is 9.11. The maximum absolute atomic E-state index is 12.7. The minimum atomic E-state index is -0.524. The second-order valence-corrected chi connectivity index (χ2v) is 9.21. The molecule has 0 bridgehead atoms. The zero-order valence-electron chi connectivity index (χ0n) is 15.6. The number of ether oxygens (including phenoxy) is 1. The van der Waals surface area contributed by atoms with E-state index in [1.165, 1.54) is 17.4 Å².